The summed E-state index contributed by atoms with van der Waals surface area (Å²) in [6, 6.07) is 17.0. The first kappa shape index (κ1) is 21.2. The van der Waals surface area contributed by atoms with E-state index in [4.69, 9.17) is 19.0 Å². The van der Waals surface area contributed by atoms with Crippen LogP contribution in [0, 0.1) is 0 Å². The maximum Gasteiger partial charge on any atom is 0.327 e. The lowest BCUT2D eigenvalue weighted by Crippen LogP contribution is -2.30. The van der Waals surface area contributed by atoms with Gasteiger partial charge in [-0.25, -0.2) is 4.98 Å². The first-order valence-corrected chi connectivity index (χ1v) is 10.7. The van der Waals surface area contributed by atoms with Crippen molar-refractivity contribution in [3.63, 3.8) is 0 Å². The number of nitrogens with one attached hydrogen (secondary N) is 1. The number of aromatic nitrogens is 3. The molecule has 8 nitrogen and oxygen atoms in total. The monoisotopic (exact) mass is 439 g/mol. The Kier molecular flexibility index (Phi) is 5.89. The van der Waals surface area contributed by atoms with Gasteiger partial charge in [0.25, 0.3) is 5.56 Å². The van der Waals surface area contributed by atoms with Gasteiger partial charge in [0.15, 0.2) is 5.65 Å². The summed E-state index contributed by atoms with van der Waals surface area (Å²) in [4.78, 5) is 37.7. The SMILES string of the molecule is CC(C)(COc1ccc(-c2cn(-c3ccccc3)c3nc[nH]c(=O)c23)cc1)OP(O)O. The van der Waals surface area contributed by atoms with Gasteiger partial charge in [-0.1, -0.05) is 30.3 Å². The molecule has 160 valence electrons. The molecule has 0 amide bonds. The first-order valence-electron chi connectivity index (χ1n) is 9.58. The Morgan fingerprint density at radius 3 is 2.48 bits per heavy atom. The summed E-state index contributed by atoms with van der Waals surface area (Å²) >= 11 is 0. The van der Waals surface area contributed by atoms with Gasteiger partial charge >= 0.3 is 8.60 Å². The molecule has 0 unspecified atom stereocenters. The number of nitrogens with zero attached hydrogens (tertiary/aromatic N) is 2. The number of aromatic amines is 1. The van der Waals surface area contributed by atoms with Gasteiger partial charge in [0, 0.05) is 17.4 Å². The zero-order chi connectivity index (χ0) is 22.0. The molecule has 0 fully saturated rings. The lowest BCUT2D eigenvalue weighted by atomic mass is 10.1. The van der Waals surface area contributed by atoms with Gasteiger partial charge in [0.05, 0.1) is 11.7 Å². The fourth-order valence-electron chi connectivity index (χ4n) is 3.31. The second kappa shape index (κ2) is 8.61. The topological polar surface area (TPSA) is 110 Å². The van der Waals surface area contributed by atoms with Crippen LogP contribution in [0.5, 0.6) is 5.75 Å². The number of hydrogen-bond acceptors (Lipinski definition) is 6. The zero-order valence-corrected chi connectivity index (χ0v) is 17.9. The minimum absolute atomic E-state index is 0.142. The van der Waals surface area contributed by atoms with E-state index in [2.05, 4.69) is 9.97 Å². The zero-order valence-electron chi connectivity index (χ0n) is 17.0. The average molecular weight is 439 g/mol. The molecule has 3 N–H and O–H groups in total. The second-order valence-electron chi connectivity index (χ2n) is 7.60. The van der Waals surface area contributed by atoms with Crippen LogP contribution in [0.2, 0.25) is 0 Å². The third-order valence-corrected chi connectivity index (χ3v) is 5.36. The average Bonchev–Trinajstić information content (AvgIpc) is 3.14. The van der Waals surface area contributed by atoms with Crippen molar-refractivity contribution in [1.82, 2.24) is 14.5 Å². The maximum absolute atomic E-state index is 12.6. The maximum atomic E-state index is 12.6. The van der Waals surface area contributed by atoms with Crippen molar-refractivity contribution in [3.8, 4) is 22.6 Å². The molecule has 31 heavy (non-hydrogen) atoms. The van der Waals surface area contributed by atoms with Gasteiger partial charge in [0.2, 0.25) is 0 Å². The van der Waals surface area contributed by atoms with Gasteiger partial charge < -0.3 is 28.6 Å². The molecule has 2 aromatic heterocycles. The Labute approximate surface area is 179 Å². The van der Waals surface area contributed by atoms with E-state index in [0.717, 1.165) is 16.8 Å². The molecule has 0 aliphatic rings. The van der Waals surface area contributed by atoms with Crippen LogP contribution in [0.1, 0.15) is 13.8 Å². The highest BCUT2D eigenvalue weighted by molar-refractivity contribution is 7.39. The van der Waals surface area contributed by atoms with Crippen molar-refractivity contribution < 1.29 is 19.0 Å². The predicted molar refractivity (Wildman–Crippen MR) is 119 cm³/mol. The summed E-state index contributed by atoms with van der Waals surface area (Å²) < 4.78 is 12.7. The Bertz CT molecular complexity index is 1230. The Morgan fingerprint density at radius 1 is 1.10 bits per heavy atom. The number of benzene rings is 2. The molecule has 0 spiro atoms. The van der Waals surface area contributed by atoms with Gasteiger partial charge in [-0.05, 0) is 43.7 Å². The van der Waals surface area contributed by atoms with E-state index >= 15 is 0 Å². The third-order valence-electron chi connectivity index (χ3n) is 4.70. The number of fused-ring (bicyclic) bond motifs is 1. The van der Waals surface area contributed by atoms with Gasteiger partial charge in [0.1, 0.15) is 18.0 Å². The summed E-state index contributed by atoms with van der Waals surface area (Å²) in [5.74, 6) is 0.597. The van der Waals surface area contributed by atoms with Crippen molar-refractivity contribution in [2.75, 3.05) is 6.61 Å². The van der Waals surface area contributed by atoms with Crippen LogP contribution < -0.4 is 10.3 Å². The molecule has 0 aliphatic carbocycles. The molecular formula is C22H22N3O5P. The van der Waals surface area contributed by atoms with E-state index in [1.54, 1.807) is 26.0 Å². The predicted octanol–water partition coefficient (Wildman–Crippen LogP) is 3.77. The fourth-order valence-corrected chi connectivity index (χ4v) is 3.80. The highest BCUT2D eigenvalue weighted by Gasteiger charge is 2.24. The van der Waals surface area contributed by atoms with E-state index in [-0.39, 0.29) is 12.2 Å². The highest BCUT2D eigenvalue weighted by atomic mass is 31.2. The smallest absolute Gasteiger partial charge is 0.327 e. The summed E-state index contributed by atoms with van der Waals surface area (Å²) in [5, 5.41) is 0.508. The molecule has 0 saturated heterocycles. The standard InChI is InChI=1S/C22H22N3O5P/c1-22(2,30-31(27)28)13-29-17-10-8-15(9-11-17)18-12-25(16-6-4-3-5-7-16)20-19(18)21(26)24-14-23-20/h3-12,14,27-28H,13H2,1-2H3,(H,23,24,26). The number of para-hydroxylation sites is 1. The van der Waals surface area contributed by atoms with Crippen molar-refractivity contribution in [3.05, 3.63) is 77.5 Å². The lowest BCUT2D eigenvalue weighted by Gasteiger charge is -2.25. The van der Waals surface area contributed by atoms with Crippen LogP contribution in [0.25, 0.3) is 27.8 Å². The van der Waals surface area contributed by atoms with Gasteiger partial charge in [-0.3, -0.25) is 4.79 Å². The second-order valence-corrected chi connectivity index (χ2v) is 8.28. The lowest BCUT2D eigenvalue weighted by molar-refractivity contribution is 0.0408. The largest absolute Gasteiger partial charge is 0.491 e. The quantitative estimate of drug-likeness (QED) is 0.378. The van der Waals surface area contributed by atoms with E-state index in [1.807, 2.05) is 53.2 Å². The number of rotatable bonds is 7. The number of hydrogen-bond donors (Lipinski definition) is 3. The van der Waals surface area contributed by atoms with Crippen LogP contribution in [0.4, 0.5) is 0 Å². The Balaban J connectivity index is 1.66. The molecule has 0 radical (unpaired) electrons. The third kappa shape index (κ3) is 4.68. The van der Waals surface area contributed by atoms with E-state index in [1.165, 1.54) is 6.33 Å². The van der Waals surface area contributed by atoms with Crippen molar-refractivity contribution in [1.29, 1.82) is 0 Å². The van der Waals surface area contributed by atoms with Crippen molar-refractivity contribution >= 4 is 19.6 Å². The molecule has 2 heterocycles. The Hall–Kier alpha value is -3.03. The Morgan fingerprint density at radius 2 is 1.81 bits per heavy atom. The molecule has 9 heteroatoms. The van der Waals surface area contributed by atoms with Crippen LogP contribution in [0.15, 0.2) is 71.9 Å². The molecular weight excluding hydrogens is 417 g/mol. The molecule has 0 saturated carbocycles. The number of H-pyrrole nitrogens is 1. The molecule has 0 atom stereocenters. The minimum atomic E-state index is -2.46. The summed E-state index contributed by atoms with van der Waals surface area (Å²) in [5.41, 5.74) is 2.03. The summed E-state index contributed by atoms with van der Waals surface area (Å²) in [6.07, 6.45) is 3.30. The van der Waals surface area contributed by atoms with Crippen LogP contribution in [-0.2, 0) is 4.52 Å². The van der Waals surface area contributed by atoms with Gasteiger partial charge in [-0.2, -0.15) is 0 Å². The molecule has 2 aromatic carbocycles. The number of ether oxygens (including phenoxy) is 1. The minimum Gasteiger partial charge on any atom is -0.491 e. The van der Waals surface area contributed by atoms with Crippen LogP contribution >= 0.6 is 8.60 Å². The van der Waals surface area contributed by atoms with E-state index in [9.17, 15) is 4.79 Å². The van der Waals surface area contributed by atoms with Crippen LogP contribution in [0.3, 0.4) is 0 Å². The highest BCUT2D eigenvalue weighted by Crippen LogP contribution is 2.33. The summed E-state index contributed by atoms with van der Waals surface area (Å²) in [6.45, 7) is 3.56. The van der Waals surface area contributed by atoms with Crippen LogP contribution in [-0.4, -0.2) is 36.5 Å². The van der Waals surface area contributed by atoms with Crippen molar-refractivity contribution in [2.45, 2.75) is 19.4 Å². The van der Waals surface area contributed by atoms with Gasteiger partial charge in [-0.15, -0.1) is 0 Å². The van der Waals surface area contributed by atoms with E-state index in [0.29, 0.717) is 16.8 Å². The molecule has 4 aromatic rings. The molecule has 0 aliphatic heterocycles. The molecule has 0 bridgehead atoms. The first-order chi connectivity index (χ1) is 14.8. The fraction of sp³-hybridized carbons (Fsp3) is 0.182. The molecule has 4 rings (SSSR count). The van der Waals surface area contributed by atoms with E-state index < -0.39 is 14.2 Å². The summed E-state index contributed by atoms with van der Waals surface area (Å²) in [7, 11) is -2.46. The normalized spacial score (nSPS) is 11.9. The van der Waals surface area contributed by atoms with Crippen molar-refractivity contribution in [2.24, 2.45) is 0 Å².